The molecule has 5 nitrogen and oxygen atoms in total. The maximum atomic E-state index is 12.4. The fourth-order valence-corrected chi connectivity index (χ4v) is 2.51. The summed E-state index contributed by atoms with van der Waals surface area (Å²) in [4.78, 5) is 18.2. The van der Waals surface area contributed by atoms with Gasteiger partial charge < -0.3 is 5.73 Å². The van der Waals surface area contributed by atoms with Crippen LogP contribution in [0, 0.1) is 11.3 Å². The smallest absolute Gasteiger partial charge is 0.267 e. The molecule has 1 atom stereocenters. The molecule has 1 amide bonds. The molecule has 0 aliphatic carbocycles. The number of amides is 1. The monoisotopic (exact) mass is 290 g/mol. The van der Waals surface area contributed by atoms with Gasteiger partial charge in [-0.2, -0.15) is 5.26 Å². The average Bonchev–Trinajstić information content (AvgIpc) is 2.67. The Morgan fingerprint density at radius 2 is 1.82 bits per heavy atom. The van der Waals surface area contributed by atoms with Gasteiger partial charge in [0.1, 0.15) is 6.54 Å². The quantitative estimate of drug-likeness (QED) is 0.854. The second-order valence-electron chi connectivity index (χ2n) is 4.89. The van der Waals surface area contributed by atoms with Crippen LogP contribution in [-0.2, 0) is 4.79 Å². The number of para-hydroxylation sites is 1. The summed E-state index contributed by atoms with van der Waals surface area (Å²) in [7, 11) is 0. The number of fused-ring (bicyclic) bond motifs is 1. The minimum absolute atomic E-state index is 0.0544. The van der Waals surface area contributed by atoms with Crippen LogP contribution >= 0.6 is 0 Å². The minimum Gasteiger partial charge on any atom is -0.302 e. The van der Waals surface area contributed by atoms with Gasteiger partial charge in [0.05, 0.1) is 17.5 Å². The Morgan fingerprint density at radius 3 is 2.55 bits per heavy atom. The predicted molar refractivity (Wildman–Crippen MR) is 84.5 cm³/mol. The molecule has 1 aliphatic rings. The molecule has 1 heterocycles. The third kappa shape index (κ3) is 2.36. The molecule has 1 aliphatic heterocycles. The van der Waals surface area contributed by atoms with Crippen molar-refractivity contribution in [2.75, 3.05) is 11.4 Å². The van der Waals surface area contributed by atoms with Crippen molar-refractivity contribution in [1.82, 2.24) is 0 Å². The first-order valence-corrected chi connectivity index (χ1v) is 6.89. The van der Waals surface area contributed by atoms with E-state index < -0.39 is 6.17 Å². The number of nitrogens with zero attached hydrogens (tertiary/aromatic N) is 3. The third-order valence-electron chi connectivity index (χ3n) is 3.51. The van der Waals surface area contributed by atoms with Crippen molar-refractivity contribution in [2.24, 2.45) is 10.7 Å². The van der Waals surface area contributed by atoms with E-state index in [0.29, 0.717) is 11.4 Å². The number of hydrogen-bond donors (Lipinski definition) is 1. The van der Waals surface area contributed by atoms with Gasteiger partial charge in [-0.25, -0.2) is 0 Å². The molecule has 0 bridgehead atoms. The Labute approximate surface area is 128 Å². The minimum atomic E-state index is -1.02. The Hall–Kier alpha value is -2.97. The van der Waals surface area contributed by atoms with Crippen LogP contribution in [0.2, 0.25) is 0 Å². The number of nitriles is 1. The van der Waals surface area contributed by atoms with E-state index in [1.54, 1.807) is 6.07 Å². The molecule has 0 saturated heterocycles. The largest absolute Gasteiger partial charge is 0.302 e. The molecule has 5 heteroatoms. The summed E-state index contributed by atoms with van der Waals surface area (Å²) in [6.45, 7) is -0.0544. The fourth-order valence-electron chi connectivity index (χ4n) is 2.51. The molecule has 0 aromatic heterocycles. The number of benzene rings is 2. The van der Waals surface area contributed by atoms with Crippen molar-refractivity contribution in [3.63, 3.8) is 0 Å². The van der Waals surface area contributed by atoms with E-state index in [1.807, 2.05) is 54.6 Å². The van der Waals surface area contributed by atoms with Gasteiger partial charge in [-0.1, -0.05) is 48.5 Å². The number of anilines is 1. The van der Waals surface area contributed by atoms with E-state index in [4.69, 9.17) is 11.0 Å². The van der Waals surface area contributed by atoms with Gasteiger partial charge >= 0.3 is 0 Å². The van der Waals surface area contributed by atoms with E-state index in [0.717, 1.165) is 11.1 Å². The van der Waals surface area contributed by atoms with Crippen LogP contribution in [0.1, 0.15) is 11.1 Å². The lowest BCUT2D eigenvalue weighted by Gasteiger charge is -2.21. The predicted octanol–water partition coefficient (Wildman–Crippen LogP) is 1.68. The average molecular weight is 290 g/mol. The maximum absolute atomic E-state index is 12.4. The van der Waals surface area contributed by atoms with Crippen molar-refractivity contribution < 1.29 is 4.79 Å². The van der Waals surface area contributed by atoms with E-state index in [2.05, 4.69) is 4.99 Å². The number of aliphatic imine (C=N–C) groups is 1. The SMILES string of the molecule is N#CCN1C(=O)[C@@H](N)N=C(c2ccccc2)c2ccccc21. The zero-order valence-corrected chi connectivity index (χ0v) is 11.8. The van der Waals surface area contributed by atoms with Crippen molar-refractivity contribution >= 4 is 17.3 Å². The van der Waals surface area contributed by atoms with Crippen LogP contribution in [0.4, 0.5) is 5.69 Å². The summed E-state index contributed by atoms with van der Waals surface area (Å²) in [5, 5.41) is 9.00. The summed E-state index contributed by atoms with van der Waals surface area (Å²) < 4.78 is 0. The first-order chi connectivity index (χ1) is 10.7. The number of carbonyl (C=O) groups is 1. The van der Waals surface area contributed by atoms with Gasteiger partial charge in [-0.3, -0.25) is 14.7 Å². The number of hydrogen-bond acceptors (Lipinski definition) is 4. The summed E-state index contributed by atoms with van der Waals surface area (Å²) >= 11 is 0. The van der Waals surface area contributed by atoms with E-state index >= 15 is 0 Å². The van der Waals surface area contributed by atoms with Crippen LogP contribution < -0.4 is 10.6 Å². The highest BCUT2D eigenvalue weighted by Gasteiger charge is 2.29. The molecule has 2 aromatic rings. The van der Waals surface area contributed by atoms with Crippen LogP contribution in [0.5, 0.6) is 0 Å². The lowest BCUT2D eigenvalue weighted by molar-refractivity contribution is -0.119. The Morgan fingerprint density at radius 1 is 1.14 bits per heavy atom. The van der Waals surface area contributed by atoms with Crippen molar-refractivity contribution in [3.8, 4) is 6.07 Å². The van der Waals surface area contributed by atoms with Gasteiger partial charge in [0.2, 0.25) is 0 Å². The lowest BCUT2D eigenvalue weighted by Crippen LogP contribution is -2.42. The first kappa shape index (κ1) is 14.0. The van der Waals surface area contributed by atoms with Gasteiger partial charge in [0.25, 0.3) is 5.91 Å². The number of carbonyl (C=O) groups excluding carboxylic acids is 1. The Bertz CT molecular complexity index is 777. The normalized spacial score (nSPS) is 17.3. The molecule has 0 unspecified atom stereocenters. The summed E-state index contributed by atoms with van der Waals surface area (Å²) in [5.41, 5.74) is 8.92. The molecule has 108 valence electrons. The molecule has 0 radical (unpaired) electrons. The number of benzodiazepines with no additional fused rings is 1. The van der Waals surface area contributed by atoms with E-state index in [-0.39, 0.29) is 12.5 Å². The van der Waals surface area contributed by atoms with E-state index in [1.165, 1.54) is 4.90 Å². The number of nitrogens with two attached hydrogens (primary N) is 1. The van der Waals surface area contributed by atoms with Gasteiger partial charge in [-0.05, 0) is 6.07 Å². The molecule has 2 N–H and O–H groups in total. The molecule has 0 saturated carbocycles. The first-order valence-electron chi connectivity index (χ1n) is 6.89. The van der Waals surface area contributed by atoms with Crippen molar-refractivity contribution in [2.45, 2.75) is 6.17 Å². The van der Waals surface area contributed by atoms with Crippen LogP contribution in [0.3, 0.4) is 0 Å². The molecule has 0 spiro atoms. The highest BCUT2D eigenvalue weighted by Crippen LogP contribution is 2.27. The summed E-state index contributed by atoms with van der Waals surface area (Å²) in [6.07, 6.45) is -1.02. The molecular formula is C17H14N4O. The maximum Gasteiger partial charge on any atom is 0.267 e. The molecular weight excluding hydrogens is 276 g/mol. The van der Waals surface area contributed by atoms with Crippen LogP contribution in [0.25, 0.3) is 0 Å². The summed E-state index contributed by atoms with van der Waals surface area (Å²) in [5.74, 6) is -0.375. The second-order valence-corrected chi connectivity index (χ2v) is 4.89. The van der Waals surface area contributed by atoms with Crippen LogP contribution in [0.15, 0.2) is 59.6 Å². The zero-order valence-electron chi connectivity index (χ0n) is 11.8. The molecule has 3 rings (SSSR count). The highest BCUT2D eigenvalue weighted by atomic mass is 16.2. The van der Waals surface area contributed by atoms with Crippen LogP contribution in [-0.4, -0.2) is 24.3 Å². The van der Waals surface area contributed by atoms with E-state index in [9.17, 15) is 4.79 Å². The molecule has 22 heavy (non-hydrogen) atoms. The fraction of sp³-hybridized carbons (Fsp3) is 0.118. The standard InChI is InChI=1S/C17H14N4O/c18-10-11-21-14-9-5-4-8-13(14)15(20-16(19)17(21)22)12-6-2-1-3-7-12/h1-9,16H,11,19H2/t16-/m0/s1. The second kappa shape index (κ2) is 5.80. The van der Waals surface area contributed by atoms with Gasteiger partial charge in [0, 0.05) is 11.1 Å². The number of rotatable bonds is 2. The molecule has 2 aromatic carbocycles. The molecule has 0 fully saturated rings. The van der Waals surface area contributed by atoms with Crippen molar-refractivity contribution in [3.05, 3.63) is 65.7 Å². The third-order valence-corrected chi connectivity index (χ3v) is 3.51. The zero-order chi connectivity index (χ0) is 15.5. The van der Waals surface area contributed by atoms with Gasteiger partial charge in [0.15, 0.2) is 6.17 Å². The summed E-state index contributed by atoms with van der Waals surface area (Å²) in [6, 6.07) is 19.0. The Kier molecular flexibility index (Phi) is 3.69. The van der Waals surface area contributed by atoms with Gasteiger partial charge in [-0.15, -0.1) is 0 Å². The Balaban J connectivity index is 2.22. The topological polar surface area (TPSA) is 82.5 Å². The lowest BCUT2D eigenvalue weighted by atomic mass is 10.0. The highest BCUT2D eigenvalue weighted by molar-refractivity contribution is 6.20. The van der Waals surface area contributed by atoms with Crippen molar-refractivity contribution in [1.29, 1.82) is 5.26 Å².